The van der Waals surface area contributed by atoms with Crippen LogP contribution in [0.4, 0.5) is 0 Å². The molecule has 2 rings (SSSR count). The Hall–Kier alpha value is -0.390. The van der Waals surface area contributed by atoms with Crippen LogP contribution in [-0.2, 0) is 9.84 Å². The highest BCUT2D eigenvalue weighted by Gasteiger charge is 2.33. The lowest BCUT2D eigenvalue weighted by Gasteiger charge is -2.23. The topological polar surface area (TPSA) is 46.2 Å². The Morgan fingerprint density at radius 1 is 1.44 bits per heavy atom. The van der Waals surface area contributed by atoms with E-state index in [0.29, 0.717) is 11.5 Å². The quantitative estimate of drug-likeness (QED) is 0.925. The first-order valence-corrected chi connectivity index (χ1v) is 8.68. The summed E-state index contributed by atoms with van der Waals surface area (Å²) in [6, 6.07) is 6.33. The molecule has 1 N–H and O–H groups in total. The van der Waals surface area contributed by atoms with Gasteiger partial charge < -0.3 is 5.32 Å². The molecule has 100 valence electrons. The molecule has 1 saturated heterocycles. The summed E-state index contributed by atoms with van der Waals surface area (Å²) in [5.41, 5.74) is 2.34. The smallest absolute Gasteiger partial charge is 0.150 e. The molecule has 0 amide bonds. The molecule has 1 aliphatic heterocycles. The second-order valence-electron chi connectivity index (χ2n) is 4.94. The number of sulfone groups is 1. The van der Waals surface area contributed by atoms with E-state index in [0.717, 1.165) is 16.5 Å². The van der Waals surface area contributed by atoms with Crippen molar-refractivity contribution in [1.82, 2.24) is 5.32 Å². The summed E-state index contributed by atoms with van der Waals surface area (Å²) in [6.45, 7) is 2.04. The molecule has 1 heterocycles. The van der Waals surface area contributed by atoms with Gasteiger partial charge >= 0.3 is 0 Å². The lowest BCUT2D eigenvalue weighted by molar-refractivity contribution is 0.418. The molecule has 1 fully saturated rings. The summed E-state index contributed by atoms with van der Waals surface area (Å²) in [4.78, 5) is 0. The van der Waals surface area contributed by atoms with Crippen LogP contribution in [0.5, 0.6) is 0 Å². The lowest BCUT2D eigenvalue weighted by atomic mass is 9.92. The van der Waals surface area contributed by atoms with Crippen LogP contribution in [0.1, 0.15) is 23.6 Å². The minimum absolute atomic E-state index is 0.110. The largest absolute Gasteiger partial charge is 0.313 e. The molecule has 1 aromatic carbocycles. The Morgan fingerprint density at radius 2 is 2.17 bits per heavy atom. The fourth-order valence-electron chi connectivity index (χ4n) is 2.56. The molecule has 1 aromatic rings. The van der Waals surface area contributed by atoms with E-state index >= 15 is 0 Å². The van der Waals surface area contributed by atoms with E-state index in [9.17, 15) is 8.42 Å². The normalized spacial score (nSPS) is 24.1. The third kappa shape index (κ3) is 2.95. The predicted octanol–water partition coefficient (Wildman–Crippen LogP) is 2.45. The Bertz CT molecular complexity index is 542. The summed E-state index contributed by atoms with van der Waals surface area (Å²) in [5.74, 6) is 0.793. The van der Waals surface area contributed by atoms with Gasteiger partial charge in [0.05, 0.1) is 11.5 Å². The SMILES string of the molecule is CNC(c1ccc(C)c(Br)c1)C1CCS(=O)(=O)C1. The van der Waals surface area contributed by atoms with Crippen molar-refractivity contribution in [3.8, 4) is 0 Å². The van der Waals surface area contributed by atoms with E-state index < -0.39 is 9.84 Å². The van der Waals surface area contributed by atoms with Crippen molar-refractivity contribution in [2.24, 2.45) is 5.92 Å². The molecule has 18 heavy (non-hydrogen) atoms. The van der Waals surface area contributed by atoms with E-state index in [1.807, 2.05) is 14.0 Å². The minimum Gasteiger partial charge on any atom is -0.313 e. The zero-order chi connectivity index (χ0) is 13.3. The van der Waals surface area contributed by atoms with Gasteiger partial charge in [-0.15, -0.1) is 0 Å². The summed E-state index contributed by atoms with van der Waals surface area (Å²) in [6.07, 6.45) is 0.749. The molecular weight excluding hydrogens is 314 g/mol. The Balaban J connectivity index is 2.26. The van der Waals surface area contributed by atoms with Crippen LogP contribution in [0.15, 0.2) is 22.7 Å². The van der Waals surface area contributed by atoms with Gasteiger partial charge in [0.15, 0.2) is 9.84 Å². The highest BCUT2D eigenvalue weighted by molar-refractivity contribution is 9.10. The third-order valence-corrected chi connectivity index (χ3v) is 6.25. The fourth-order valence-corrected chi connectivity index (χ4v) is 4.80. The second-order valence-corrected chi connectivity index (χ2v) is 8.02. The van der Waals surface area contributed by atoms with Crippen LogP contribution in [0.3, 0.4) is 0 Å². The molecule has 0 radical (unpaired) electrons. The van der Waals surface area contributed by atoms with Gasteiger partial charge in [0.2, 0.25) is 0 Å². The second kappa shape index (κ2) is 5.31. The van der Waals surface area contributed by atoms with Gasteiger partial charge in [0, 0.05) is 10.5 Å². The van der Waals surface area contributed by atoms with Gasteiger partial charge in [-0.3, -0.25) is 0 Å². The zero-order valence-corrected chi connectivity index (χ0v) is 13.0. The highest BCUT2D eigenvalue weighted by atomic mass is 79.9. The maximum absolute atomic E-state index is 11.6. The van der Waals surface area contributed by atoms with Crippen molar-refractivity contribution in [1.29, 1.82) is 0 Å². The number of rotatable bonds is 3. The van der Waals surface area contributed by atoms with Crippen LogP contribution in [0.25, 0.3) is 0 Å². The van der Waals surface area contributed by atoms with E-state index in [-0.39, 0.29) is 12.0 Å². The number of benzene rings is 1. The molecule has 0 aliphatic carbocycles. The molecule has 0 spiro atoms. The van der Waals surface area contributed by atoms with Gasteiger partial charge in [-0.2, -0.15) is 0 Å². The first-order chi connectivity index (χ1) is 8.43. The molecule has 2 unspecified atom stereocenters. The molecule has 0 bridgehead atoms. The number of aryl methyl sites for hydroxylation is 1. The molecule has 0 aromatic heterocycles. The first-order valence-electron chi connectivity index (χ1n) is 6.06. The van der Waals surface area contributed by atoms with Crippen LogP contribution in [-0.4, -0.2) is 27.0 Å². The fraction of sp³-hybridized carbons (Fsp3) is 0.538. The average molecular weight is 332 g/mol. The van der Waals surface area contributed by atoms with Crippen molar-refractivity contribution >= 4 is 25.8 Å². The van der Waals surface area contributed by atoms with Gasteiger partial charge in [0.25, 0.3) is 0 Å². The van der Waals surface area contributed by atoms with Crippen molar-refractivity contribution in [2.45, 2.75) is 19.4 Å². The molecule has 2 atom stereocenters. The summed E-state index contributed by atoms with van der Waals surface area (Å²) in [5, 5.41) is 3.26. The van der Waals surface area contributed by atoms with Crippen LogP contribution < -0.4 is 5.32 Å². The van der Waals surface area contributed by atoms with Crippen LogP contribution in [0.2, 0.25) is 0 Å². The molecule has 3 nitrogen and oxygen atoms in total. The number of nitrogens with one attached hydrogen (secondary N) is 1. The molecule has 5 heteroatoms. The Kier molecular flexibility index (Phi) is 4.14. The maximum atomic E-state index is 11.6. The average Bonchev–Trinajstić information content (AvgIpc) is 2.65. The molecular formula is C13H18BrNO2S. The maximum Gasteiger partial charge on any atom is 0.150 e. The molecule has 1 aliphatic rings. The van der Waals surface area contributed by atoms with Gasteiger partial charge in [-0.05, 0) is 43.5 Å². The Morgan fingerprint density at radius 3 is 2.67 bits per heavy atom. The van der Waals surface area contributed by atoms with Gasteiger partial charge in [-0.25, -0.2) is 8.42 Å². The minimum atomic E-state index is -2.83. The summed E-state index contributed by atoms with van der Waals surface area (Å²) >= 11 is 3.53. The number of hydrogen-bond acceptors (Lipinski definition) is 3. The van der Waals surface area contributed by atoms with E-state index in [1.54, 1.807) is 0 Å². The van der Waals surface area contributed by atoms with Crippen LogP contribution in [0, 0.1) is 12.8 Å². The van der Waals surface area contributed by atoms with Crippen molar-refractivity contribution in [2.75, 3.05) is 18.6 Å². The Labute approximate surface area is 117 Å². The highest BCUT2D eigenvalue weighted by Crippen LogP contribution is 2.32. The number of hydrogen-bond donors (Lipinski definition) is 1. The lowest BCUT2D eigenvalue weighted by Crippen LogP contribution is -2.26. The monoisotopic (exact) mass is 331 g/mol. The van der Waals surface area contributed by atoms with Gasteiger partial charge in [0.1, 0.15) is 0 Å². The standard InChI is InChI=1S/C13H18BrNO2S/c1-9-3-4-10(7-12(9)14)13(15-2)11-5-6-18(16,17)8-11/h3-4,7,11,13,15H,5-6,8H2,1-2H3. The first kappa shape index (κ1) is 14.0. The van der Waals surface area contributed by atoms with E-state index in [1.165, 1.54) is 5.56 Å². The van der Waals surface area contributed by atoms with Crippen LogP contribution >= 0.6 is 15.9 Å². The van der Waals surface area contributed by atoms with Crippen molar-refractivity contribution < 1.29 is 8.42 Å². The summed E-state index contributed by atoms with van der Waals surface area (Å²) < 4.78 is 24.2. The van der Waals surface area contributed by atoms with E-state index in [2.05, 4.69) is 39.4 Å². The number of halogens is 1. The third-order valence-electron chi connectivity index (χ3n) is 3.61. The molecule has 0 saturated carbocycles. The van der Waals surface area contributed by atoms with Gasteiger partial charge in [-0.1, -0.05) is 28.1 Å². The van der Waals surface area contributed by atoms with Crippen molar-refractivity contribution in [3.05, 3.63) is 33.8 Å². The predicted molar refractivity (Wildman–Crippen MR) is 77.4 cm³/mol. The summed E-state index contributed by atoms with van der Waals surface area (Å²) in [7, 11) is -0.936. The zero-order valence-electron chi connectivity index (χ0n) is 10.6. The van der Waals surface area contributed by atoms with Crippen molar-refractivity contribution in [3.63, 3.8) is 0 Å². The van der Waals surface area contributed by atoms with E-state index in [4.69, 9.17) is 0 Å².